The fraction of sp³-hybridized carbons (Fsp3) is 0.261. The quantitative estimate of drug-likeness (QED) is 0.648. The maximum absolute atomic E-state index is 13.1. The number of halogens is 1. The largest absolute Gasteiger partial charge is 0.368 e. The molecule has 0 aliphatic carbocycles. The molecule has 3 aromatic rings. The van der Waals surface area contributed by atoms with Gasteiger partial charge in [0, 0.05) is 48.6 Å². The Hall–Kier alpha value is -3.12. The van der Waals surface area contributed by atoms with E-state index < -0.39 is 0 Å². The molecule has 0 spiro atoms. The van der Waals surface area contributed by atoms with Crippen molar-refractivity contribution in [2.75, 3.05) is 31.1 Å². The van der Waals surface area contributed by atoms with Gasteiger partial charge in [0.1, 0.15) is 0 Å². The monoisotopic (exact) mass is 422 g/mol. The summed E-state index contributed by atoms with van der Waals surface area (Å²) in [5, 5.41) is 5.10. The number of carbonyl (C=O) groups is 1. The van der Waals surface area contributed by atoms with Crippen molar-refractivity contribution in [3.63, 3.8) is 0 Å². The average Bonchev–Trinajstić information content (AvgIpc) is 2.76. The number of aromatic nitrogens is 2. The Morgan fingerprint density at radius 2 is 1.67 bits per heavy atom. The van der Waals surface area contributed by atoms with Gasteiger partial charge in [0.25, 0.3) is 5.91 Å². The molecule has 0 unspecified atom stereocenters. The topological polar surface area (TPSA) is 58.4 Å². The first-order valence-electron chi connectivity index (χ1n) is 9.91. The van der Waals surface area contributed by atoms with E-state index in [4.69, 9.17) is 11.6 Å². The van der Waals surface area contributed by atoms with Crippen LogP contribution in [-0.2, 0) is 0 Å². The van der Waals surface area contributed by atoms with E-state index in [-0.39, 0.29) is 17.0 Å². The molecule has 0 N–H and O–H groups in total. The summed E-state index contributed by atoms with van der Waals surface area (Å²) in [6, 6.07) is 16.8. The van der Waals surface area contributed by atoms with Crippen molar-refractivity contribution in [3.05, 3.63) is 86.8 Å². The second kappa shape index (κ2) is 8.32. The minimum absolute atomic E-state index is 0.0446. The molecular weight excluding hydrogens is 400 g/mol. The van der Waals surface area contributed by atoms with Crippen LogP contribution in [-0.4, -0.2) is 46.8 Å². The Kier molecular flexibility index (Phi) is 5.59. The molecule has 4 rings (SSSR count). The van der Waals surface area contributed by atoms with Crippen LogP contribution >= 0.6 is 11.6 Å². The van der Waals surface area contributed by atoms with Crippen LogP contribution in [0.25, 0.3) is 5.69 Å². The van der Waals surface area contributed by atoms with Crippen molar-refractivity contribution in [2.45, 2.75) is 13.8 Å². The van der Waals surface area contributed by atoms with Crippen LogP contribution < -0.4 is 10.3 Å². The van der Waals surface area contributed by atoms with Gasteiger partial charge in [-0.3, -0.25) is 9.59 Å². The molecule has 0 radical (unpaired) electrons. The summed E-state index contributed by atoms with van der Waals surface area (Å²) < 4.78 is 1.64. The van der Waals surface area contributed by atoms with Gasteiger partial charge in [-0.2, -0.15) is 5.10 Å². The highest BCUT2D eigenvalue weighted by atomic mass is 35.5. The number of amides is 1. The van der Waals surface area contributed by atoms with Crippen molar-refractivity contribution in [3.8, 4) is 5.69 Å². The molecule has 1 aromatic heterocycles. The predicted molar refractivity (Wildman–Crippen MR) is 119 cm³/mol. The smallest absolute Gasteiger partial charge is 0.278 e. The third-order valence-electron chi connectivity index (χ3n) is 5.39. The highest BCUT2D eigenvalue weighted by molar-refractivity contribution is 6.30. The van der Waals surface area contributed by atoms with E-state index >= 15 is 0 Å². The Morgan fingerprint density at radius 3 is 2.37 bits per heavy atom. The van der Waals surface area contributed by atoms with Gasteiger partial charge in [-0.15, -0.1) is 0 Å². The van der Waals surface area contributed by atoms with Crippen molar-refractivity contribution in [1.29, 1.82) is 0 Å². The van der Waals surface area contributed by atoms with E-state index in [1.165, 1.54) is 6.07 Å². The van der Waals surface area contributed by atoms with Crippen LogP contribution in [0.4, 0.5) is 5.69 Å². The molecule has 0 bridgehead atoms. The Labute approximate surface area is 180 Å². The van der Waals surface area contributed by atoms with Crippen LogP contribution in [0.15, 0.2) is 59.4 Å². The normalized spacial score (nSPS) is 14.1. The molecular formula is C23H23ClN4O2. The van der Waals surface area contributed by atoms with Gasteiger partial charge in [-0.25, -0.2) is 4.68 Å². The number of hydrogen-bond acceptors (Lipinski definition) is 4. The van der Waals surface area contributed by atoms with Gasteiger partial charge >= 0.3 is 0 Å². The van der Waals surface area contributed by atoms with E-state index in [0.717, 1.165) is 16.9 Å². The number of aryl methyl sites for hydroxylation is 2. The lowest BCUT2D eigenvalue weighted by atomic mass is 10.1. The summed E-state index contributed by atoms with van der Waals surface area (Å²) in [5.74, 6) is -0.327. The van der Waals surface area contributed by atoms with Gasteiger partial charge in [0.2, 0.25) is 5.43 Å². The number of anilines is 1. The lowest BCUT2D eigenvalue weighted by Gasteiger charge is -2.36. The molecule has 2 aromatic carbocycles. The zero-order valence-electron chi connectivity index (χ0n) is 17.0. The number of piperazine rings is 1. The van der Waals surface area contributed by atoms with Crippen LogP contribution in [0.5, 0.6) is 0 Å². The van der Waals surface area contributed by atoms with E-state index in [0.29, 0.717) is 36.9 Å². The van der Waals surface area contributed by atoms with Crippen molar-refractivity contribution in [1.82, 2.24) is 14.7 Å². The Morgan fingerprint density at radius 1 is 0.967 bits per heavy atom. The van der Waals surface area contributed by atoms with Gasteiger partial charge in [0.05, 0.1) is 5.69 Å². The molecule has 7 heteroatoms. The van der Waals surface area contributed by atoms with Gasteiger partial charge in [-0.1, -0.05) is 35.9 Å². The number of hydrogen-bond donors (Lipinski definition) is 0. The van der Waals surface area contributed by atoms with Crippen LogP contribution in [0, 0.1) is 13.8 Å². The molecule has 0 saturated carbocycles. The first kappa shape index (κ1) is 20.2. The lowest BCUT2D eigenvalue weighted by Crippen LogP contribution is -2.50. The molecule has 1 amide bonds. The predicted octanol–water partition coefficient (Wildman–Crippen LogP) is 3.47. The minimum Gasteiger partial charge on any atom is -0.368 e. The summed E-state index contributed by atoms with van der Waals surface area (Å²) in [4.78, 5) is 29.5. The zero-order valence-corrected chi connectivity index (χ0v) is 17.8. The highest BCUT2D eigenvalue weighted by Gasteiger charge is 2.26. The Balaban J connectivity index is 1.55. The molecule has 6 nitrogen and oxygen atoms in total. The average molecular weight is 423 g/mol. The van der Waals surface area contributed by atoms with Crippen LogP contribution in [0.1, 0.15) is 21.7 Å². The third-order valence-corrected chi connectivity index (χ3v) is 5.62. The van der Waals surface area contributed by atoms with E-state index in [9.17, 15) is 9.59 Å². The number of benzene rings is 2. The first-order chi connectivity index (χ1) is 14.4. The molecule has 1 saturated heterocycles. The van der Waals surface area contributed by atoms with E-state index in [1.807, 2.05) is 62.4 Å². The molecule has 30 heavy (non-hydrogen) atoms. The molecule has 154 valence electrons. The summed E-state index contributed by atoms with van der Waals surface area (Å²) >= 11 is 6.15. The van der Waals surface area contributed by atoms with Crippen LogP contribution in [0.3, 0.4) is 0 Å². The van der Waals surface area contributed by atoms with Crippen molar-refractivity contribution >= 4 is 23.2 Å². The van der Waals surface area contributed by atoms with Crippen LogP contribution in [0.2, 0.25) is 5.02 Å². The summed E-state index contributed by atoms with van der Waals surface area (Å²) in [6.07, 6.45) is 0. The van der Waals surface area contributed by atoms with Gasteiger partial charge < -0.3 is 9.80 Å². The second-order valence-corrected chi connectivity index (χ2v) is 7.89. The first-order valence-corrected chi connectivity index (χ1v) is 10.3. The number of carbonyl (C=O) groups excluding carboxylic acids is 1. The molecule has 2 heterocycles. The fourth-order valence-corrected chi connectivity index (χ4v) is 3.92. The highest BCUT2D eigenvalue weighted by Crippen LogP contribution is 2.25. The second-order valence-electron chi connectivity index (χ2n) is 7.46. The zero-order chi connectivity index (χ0) is 21.3. The fourth-order valence-electron chi connectivity index (χ4n) is 3.75. The number of para-hydroxylation sites is 1. The third kappa shape index (κ3) is 3.96. The summed E-state index contributed by atoms with van der Waals surface area (Å²) in [7, 11) is 0. The summed E-state index contributed by atoms with van der Waals surface area (Å²) in [5.41, 5.74) is 3.32. The SMILES string of the molecule is Cc1ccc(Cl)cc1N1CCN(C(=O)c2nn(-c3ccccc3)c(C)cc2=O)CC1. The number of rotatable bonds is 3. The molecule has 1 aliphatic rings. The standard InChI is InChI=1S/C23H23ClN4O2/c1-16-8-9-18(24)15-20(16)26-10-12-27(13-11-26)23(30)22-21(29)14-17(2)28(25-22)19-6-4-3-5-7-19/h3-9,14-15H,10-13H2,1-2H3. The van der Waals surface area contributed by atoms with Crippen molar-refractivity contribution in [2.24, 2.45) is 0 Å². The maximum atomic E-state index is 13.1. The van der Waals surface area contributed by atoms with Crippen molar-refractivity contribution < 1.29 is 4.79 Å². The number of nitrogens with zero attached hydrogens (tertiary/aromatic N) is 4. The van der Waals surface area contributed by atoms with E-state index in [2.05, 4.69) is 10.00 Å². The Bertz CT molecular complexity index is 1140. The summed E-state index contributed by atoms with van der Waals surface area (Å²) in [6.45, 7) is 6.24. The molecule has 1 fully saturated rings. The van der Waals surface area contributed by atoms with Gasteiger partial charge in [0.15, 0.2) is 5.69 Å². The maximum Gasteiger partial charge on any atom is 0.278 e. The lowest BCUT2D eigenvalue weighted by molar-refractivity contribution is 0.0737. The molecule has 1 aliphatic heterocycles. The molecule has 0 atom stereocenters. The van der Waals surface area contributed by atoms with E-state index in [1.54, 1.807) is 9.58 Å². The minimum atomic E-state index is -0.349. The van der Waals surface area contributed by atoms with Gasteiger partial charge in [-0.05, 0) is 43.7 Å².